The van der Waals surface area contributed by atoms with Crippen molar-refractivity contribution in [1.29, 1.82) is 0 Å². The Balaban J connectivity index is 0.000000160. The van der Waals surface area contributed by atoms with Gasteiger partial charge in [-0.2, -0.15) is 0 Å². The number of hydrogen-bond donors (Lipinski definition) is 0. The Morgan fingerprint density at radius 3 is 1.69 bits per heavy atom. The third-order valence-corrected chi connectivity index (χ3v) is 2.11. The lowest BCUT2D eigenvalue weighted by molar-refractivity contribution is 0.415. The molecule has 2 aromatic rings. The SMILES string of the molecule is COc1ccccc1.Cc1nccnc1C. The van der Waals surface area contributed by atoms with Gasteiger partial charge >= 0.3 is 0 Å². The molecule has 0 atom stereocenters. The molecule has 2 rings (SSSR count). The summed E-state index contributed by atoms with van der Waals surface area (Å²) in [6.07, 6.45) is 3.39. The number of nitrogens with zero attached hydrogens (tertiary/aromatic N) is 2. The first-order valence-corrected chi connectivity index (χ1v) is 5.07. The maximum Gasteiger partial charge on any atom is 0.118 e. The fourth-order valence-corrected chi connectivity index (χ4v) is 1.03. The number of methoxy groups -OCH3 is 1. The van der Waals surface area contributed by atoms with E-state index >= 15 is 0 Å². The molecule has 0 aliphatic heterocycles. The topological polar surface area (TPSA) is 35.0 Å². The highest BCUT2D eigenvalue weighted by atomic mass is 16.5. The molecular weight excluding hydrogens is 200 g/mol. The molecule has 0 saturated heterocycles. The largest absolute Gasteiger partial charge is 0.497 e. The normalized spacial score (nSPS) is 8.94. The fourth-order valence-electron chi connectivity index (χ4n) is 1.03. The van der Waals surface area contributed by atoms with Crippen LogP contribution < -0.4 is 4.74 Å². The number of ether oxygens (including phenoxy) is 1. The van der Waals surface area contributed by atoms with Crippen molar-refractivity contribution in [3.63, 3.8) is 0 Å². The highest BCUT2D eigenvalue weighted by Crippen LogP contribution is 2.05. The standard InChI is InChI=1S/C7H8O.C6H8N2/c1-8-7-5-3-2-4-6-7;1-5-6(2)8-4-3-7-5/h2-6H,1H3;3-4H,1-2H3. The summed E-state index contributed by atoms with van der Waals surface area (Å²) in [6.45, 7) is 3.89. The van der Waals surface area contributed by atoms with Crippen LogP contribution in [-0.4, -0.2) is 17.1 Å². The minimum Gasteiger partial charge on any atom is -0.497 e. The Morgan fingerprint density at radius 2 is 1.38 bits per heavy atom. The predicted molar refractivity (Wildman–Crippen MR) is 64.5 cm³/mol. The van der Waals surface area contributed by atoms with Gasteiger partial charge in [0, 0.05) is 12.4 Å². The molecule has 0 fully saturated rings. The maximum atomic E-state index is 4.91. The molecule has 0 radical (unpaired) electrons. The lowest BCUT2D eigenvalue weighted by atomic mass is 10.3. The van der Waals surface area contributed by atoms with Crippen LogP contribution in [0.3, 0.4) is 0 Å². The molecule has 1 aromatic heterocycles. The first-order valence-electron chi connectivity index (χ1n) is 5.07. The lowest BCUT2D eigenvalue weighted by Gasteiger charge is -1.93. The van der Waals surface area contributed by atoms with Crippen molar-refractivity contribution < 1.29 is 4.74 Å². The number of hydrogen-bond acceptors (Lipinski definition) is 3. The Kier molecular flexibility index (Phi) is 4.99. The van der Waals surface area contributed by atoms with Gasteiger partial charge in [-0.15, -0.1) is 0 Å². The van der Waals surface area contributed by atoms with Crippen molar-refractivity contribution in [2.24, 2.45) is 0 Å². The molecule has 16 heavy (non-hydrogen) atoms. The summed E-state index contributed by atoms with van der Waals surface area (Å²) in [7, 11) is 1.66. The molecule has 0 unspecified atom stereocenters. The number of para-hydroxylation sites is 1. The zero-order valence-electron chi connectivity index (χ0n) is 9.84. The predicted octanol–water partition coefficient (Wildman–Crippen LogP) is 2.79. The highest BCUT2D eigenvalue weighted by molar-refractivity contribution is 5.20. The summed E-state index contributed by atoms with van der Waals surface area (Å²) in [5, 5.41) is 0. The second kappa shape index (κ2) is 6.56. The summed E-state index contributed by atoms with van der Waals surface area (Å²) in [5.41, 5.74) is 2.01. The molecule has 1 heterocycles. The average Bonchev–Trinajstić information content (AvgIpc) is 2.35. The molecular formula is C13H16N2O. The Morgan fingerprint density at radius 1 is 0.875 bits per heavy atom. The lowest BCUT2D eigenvalue weighted by Crippen LogP contribution is -1.87. The molecule has 0 saturated carbocycles. The summed E-state index contributed by atoms with van der Waals surface area (Å²) in [5.74, 6) is 0.910. The molecule has 0 N–H and O–H groups in total. The van der Waals surface area contributed by atoms with Crippen LogP contribution in [0.15, 0.2) is 42.7 Å². The number of rotatable bonds is 1. The summed E-state index contributed by atoms with van der Waals surface area (Å²) in [4.78, 5) is 8.03. The van der Waals surface area contributed by atoms with E-state index in [4.69, 9.17) is 4.74 Å². The third kappa shape index (κ3) is 4.09. The van der Waals surface area contributed by atoms with E-state index in [-0.39, 0.29) is 0 Å². The summed E-state index contributed by atoms with van der Waals surface area (Å²) < 4.78 is 4.91. The number of benzene rings is 1. The summed E-state index contributed by atoms with van der Waals surface area (Å²) >= 11 is 0. The Hall–Kier alpha value is -1.90. The Labute approximate surface area is 96.1 Å². The van der Waals surface area contributed by atoms with Gasteiger partial charge in [0.1, 0.15) is 5.75 Å². The maximum absolute atomic E-state index is 4.91. The number of aryl methyl sites for hydroxylation is 2. The van der Waals surface area contributed by atoms with E-state index in [9.17, 15) is 0 Å². The van der Waals surface area contributed by atoms with Crippen LogP contribution in [-0.2, 0) is 0 Å². The van der Waals surface area contributed by atoms with Gasteiger partial charge in [-0.05, 0) is 26.0 Å². The van der Waals surface area contributed by atoms with Crippen LogP contribution >= 0.6 is 0 Å². The van der Waals surface area contributed by atoms with Crippen LogP contribution in [0.1, 0.15) is 11.4 Å². The number of aromatic nitrogens is 2. The minimum absolute atomic E-state index is 0.910. The quantitative estimate of drug-likeness (QED) is 0.735. The first kappa shape index (κ1) is 12.2. The molecule has 3 nitrogen and oxygen atoms in total. The molecule has 0 spiro atoms. The Bertz CT molecular complexity index is 394. The first-order chi connectivity index (χ1) is 7.74. The molecule has 84 valence electrons. The van der Waals surface area contributed by atoms with Crippen LogP contribution in [0.2, 0.25) is 0 Å². The zero-order valence-corrected chi connectivity index (χ0v) is 9.84. The van der Waals surface area contributed by atoms with Gasteiger partial charge in [0.2, 0.25) is 0 Å². The zero-order chi connectivity index (χ0) is 11.8. The van der Waals surface area contributed by atoms with Gasteiger partial charge in [0.05, 0.1) is 18.5 Å². The molecule has 3 heteroatoms. The van der Waals surface area contributed by atoms with E-state index in [1.807, 2.05) is 44.2 Å². The van der Waals surface area contributed by atoms with Crippen LogP contribution in [0.25, 0.3) is 0 Å². The molecule has 0 aliphatic carbocycles. The second-order valence-electron chi connectivity index (χ2n) is 3.24. The molecule has 0 amide bonds. The summed E-state index contributed by atoms with van der Waals surface area (Å²) in [6, 6.07) is 9.68. The van der Waals surface area contributed by atoms with Gasteiger partial charge in [-0.25, -0.2) is 0 Å². The molecule has 0 bridgehead atoms. The van der Waals surface area contributed by atoms with Gasteiger partial charge < -0.3 is 4.74 Å². The van der Waals surface area contributed by atoms with Gasteiger partial charge in [-0.1, -0.05) is 18.2 Å². The second-order valence-corrected chi connectivity index (χ2v) is 3.24. The van der Waals surface area contributed by atoms with Crippen molar-refractivity contribution in [2.75, 3.05) is 7.11 Å². The van der Waals surface area contributed by atoms with Crippen LogP contribution in [0.4, 0.5) is 0 Å². The van der Waals surface area contributed by atoms with E-state index in [1.165, 1.54) is 0 Å². The van der Waals surface area contributed by atoms with Crippen molar-refractivity contribution in [1.82, 2.24) is 9.97 Å². The third-order valence-electron chi connectivity index (χ3n) is 2.11. The molecule has 1 aromatic carbocycles. The smallest absolute Gasteiger partial charge is 0.118 e. The van der Waals surface area contributed by atoms with E-state index in [0.717, 1.165) is 17.1 Å². The van der Waals surface area contributed by atoms with E-state index in [2.05, 4.69) is 9.97 Å². The highest BCUT2D eigenvalue weighted by Gasteiger charge is 1.87. The van der Waals surface area contributed by atoms with Gasteiger partial charge in [-0.3, -0.25) is 9.97 Å². The van der Waals surface area contributed by atoms with E-state index in [1.54, 1.807) is 19.5 Å². The molecule has 0 aliphatic rings. The van der Waals surface area contributed by atoms with Crippen LogP contribution in [0, 0.1) is 13.8 Å². The van der Waals surface area contributed by atoms with E-state index < -0.39 is 0 Å². The van der Waals surface area contributed by atoms with Crippen molar-refractivity contribution in [2.45, 2.75) is 13.8 Å². The monoisotopic (exact) mass is 216 g/mol. The van der Waals surface area contributed by atoms with E-state index in [0.29, 0.717) is 0 Å². The van der Waals surface area contributed by atoms with Crippen molar-refractivity contribution >= 4 is 0 Å². The van der Waals surface area contributed by atoms with Gasteiger partial charge in [0.25, 0.3) is 0 Å². The van der Waals surface area contributed by atoms with Gasteiger partial charge in [0.15, 0.2) is 0 Å². The van der Waals surface area contributed by atoms with Crippen LogP contribution in [0.5, 0.6) is 5.75 Å². The van der Waals surface area contributed by atoms with Crippen molar-refractivity contribution in [3.8, 4) is 5.75 Å². The van der Waals surface area contributed by atoms with Crippen molar-refractivity contribution in [3.05, 3.63) is 54.1 Å². The minimum atomic E-state index is 0.910. The fraction of sp³-hybridized carbons (Fsp3) is 0.231. The average molecular weight is 216 g/mol.